The highest BCUT2D eigenvalue weighted by Crippen LogP contribution is 2.30. The second kappa shape index (κ2) is 12.2. The Kier molecular flexibility index (Phi) is 9.53. The number of aryl methyl sites for hydroxylation is 2. The average molecular weight is 387 g/mol. The standard InChI is InChI=1S/C24H34O4/c25-21-17-11-15-19(23(21)27)13-9-7-5-3-1-2-4-6-8-10-14-20-16-12-18-22(26)24(20)28/h11-12,15-18,25-28H,1-10,13-14H2. The largest absolute Gasteiger partial charge is 0.504 e. The summed E-state index contributed by atoms with van der Waals surface area (Å²) in [5, 5.41) is 38.5. The third-order valence-corrected chi connectivity index (χ3v) is 5.34. The summed E-state index contributed by atoms with van der Waals surface area (Å²) >= 11 is 0. The lowest BCUT2D eigenvalue weighted by molar-refractivity contribution is 0.398. The lowest BCUT2D eigenvalue weighted by Gasteiger charge is -2.07. The minimum absolute atomic E-state index is 0.0294. The molecule has 0 heterocycles. The maximum atomic E-state index is 9.78. The molecule has 28 heavy (non-hydrogen) atoms. The molecular formula is C24H34O4. The van der Waals surface area contributed by atoms with Crippen LogP contribution in [0.4, 0.5) is 0 Å². The first-order chi connectivity index (χ1) is 13.6. The van der Waals surface area contributed by atoms with E-state index in [1.807, 2.05) is 12.1 Å². The van der Waals surface area contributed by atoms with Gasteiger partial charge in [0.1, 0.15) is 0 Å². The molecule has 4 N–H and O–H groups in total. The zero-order chi connectivity index (χ0) is 20.2. The first-order valence-electron chi connectivity index (χ1n) is 10.6. The molecule has 154 valence electrons. The third-order valence-electron chi connectivity index (χ3n) is 5.34. The van der Waals surface area contributed by atoms with Crippen molar-refractivity contribution in [2.45, 2.75) is 77.0 Å². The number of hydrogen-bond acceptors (Lipinski definition) is 4. The molecular weight excluding hydrogens is 352 g/mol. The molecule has 0 aliphatic heterocycles. The molecule has 0 fully saturated rings. The smallest absolute Gasteiger partial charge is 0.160 e. The average Bonchev–Trinajstić information content (AvgIpc) is 2.69. The molecule has 0 radical (unpaired) electrons. The zero-order valence-electron chi connectivity index (χ0n) is 16.7. The van der Waals surface area contributed by atoms with Crippen molar-refractivity contribution < 1.29 is 20.4 Å². The van der Waals surface area contributed by atoms with E-state index in [9.17, 15) is 20.4 Å². The van der Waals surface area contributed by atoms with Gasteiger partial charge in [-0.2, -0.15) is 0 Å². The number of aromatic hydroxyl groups is 4. The van der Waals surface area contributed by atoms with Crippen LogP contribution in [0.3, 0.4) is 0 Å². The van der Waals surface area contributed by atoms with Gasteiger partial charge < -0.3 is 20.4 Å². The van der Waals surface area contributed by atoms with Crippen LogP contribution in [0.1, 0.15) is 75.3 Å². The molecule has 0 aromatic heterocycles. The van der Waals surface area contributed by atoms with E-state index in [-0.39, 0.29) is 23.0 Å². The second-order valence-electron chi connectivity index (χ2n) is 7.61. The molecule has 0 amide bonds. The van der Waals surface area contributed by atoms with E-state index in [1.165, 1.54) is 50.7 Å². The number of rotatable bonds is 13. The Morgan fingerprint density at radius 3 is 1.11 bits per heavy atom. The van der Waals surface area contributed by atoms with Crippen molar-refractivity contribution in [3.8, 4) is 23.0 Å². The number of phenols is 4. The summed E-state index contributed by atoms with van der Waals surface area (Å²) in [6.07, 6.45) is 13.5. The van der Waals surface area contributed by atoms with Gasteiger partial charge in [-0.05, 0) is 48.9 Å². The summed E-state index contributed by atoms with van der Waals surface area (Å²) in [5.74, 6) is -0.00371. The zero-order valence-corrected chi connectivity index (χ0v) is 16.7. The molecule has 4 heteroatoms. The molecule has 0 bridgehead atoms. The highest BCUT2D eigenvalue weighted by Gasteiger charge is 2.06. The summed E-state index contributed by atoms with van der Waals surface area (Å²) in [4.78, 5) is 0. The van der Waals surface area contributed by atoms with Crippen molar-refractivity contribution >= 4 is 0 Å². The van der Waals surface area contributed by atoms with Crippen LogP contribution in [-0.2, 0) is 12.8 Å². The van der Waals surface area contributed by atoms with Gasteiger partial charge in [0.15, 0.2) is 23.0 Å². The third kappa shape index (κ3) is 7.34. The molecule has 0 aliphatic carbocycles. The minimum atomic E-state index is -0.0313. The van der Waals surface area contributed by atoms with Crippen LogP contribution in [0.25, 0.3) is 0 Å². The van der Waals surface area contributed by atoms with Gasteiger partial charge in [0.25, 0.3) is 0 Å². The summed E-state index contributed by atoms with van der Waals surface area (Å²) in [6, 6.07) is 10.3. The van der Waals surface area contributed by atoms with Gasteiger partial charge in [-0.15, -0.1) is 0 Å². The lowest BCUT2D eigenvalue weighted by atomic mass is 10.0. The Morgan fingerprint density at radius 2 is 0.750 bits per heavy atom. The van der Waals surface area contributed by atoms with Gasteiger partial charge in [0.2, 0.25) is 0 Å². The normalized spacial score (nSPS) is 11.0. The van der Waals surface area contributed by atoms with Crippen molar-refractivity contribution in [1.82, 2.24) is 0 Å². The minimum Gasteiger partial charge on any atom is -0.504 e. The molecule has 0 spiro atoms. The van der Waals surface area contributed by atoms with Gasteiger partial charge in [-0.3, -0.25) is 0 Å². The van der Waals surface area contributed by atoms with Gasteiger partial charge in [-0.25, -0.2) is 0 Å². The Balaban J connectivity index is 1.42. The highest BCUT2D eigenvalue weighted by atomic mass is 16.3. The number of hydrogen-bond donors (Lipinski definition) is 4. The maximum absolute atomic E-state index is 9.78. The van der Waals surface area contributed by atoms with E-state index < -0.39 is 0 Å². The quantitative estimate of drug-likeness (QED) is 0.244. The predicted octanol–water partition coefficient (Wildman–Crippen LogP) is 6.20. The first kappa shape index (κ1) is 21.9. The maximum Gasteiger partial charge on any atom is 0.160 e. The Labute approximate surface area is 168 Å². The molecule has 2 aromatic rings. The highest BCUT2D eigenvalue weighted by molar-refractivity contribution is 5.44. The fourth-order valence-electron chi connectivity index (χ4n) is 3.60. The number of unbranched alkanes of at least 4 members (excludes halogenated alkanes) is 9. The van der Waals surface area contributed by atoms with Crippen molar-refractivity contribution in [2.24, 2.45) is 0 Å². The van der Waals surface area contributed by atoms with E-state index in [0.717, 1.165) is 49.7 Å². The van der Waals surface area contributed by atoms with Crippen LogP contribution in [0.5, 0.6) is 23.0 Å². The molecule has 4 nitrogen and oxygen atoms in total. The summed E-state index contributed by atoms with van der Waals surface area (Å²) in [7, 11) is 0. The van der Waals surface area contributed by atoms with Gasteiger partial charge in [0.05, 0.1) is 0 Å². The van der Waals surface area contributed by atoms with Crippen LogP contribution >= 0.6 is 0 Å². The van der Waals surface area contributed by atoms with E-state index >= 15 is 0 Å². The molecule has 2 rings (SSSR count). The van der Waals surface area contributed by atoms with Crippen LogP contribution in [0, 0.1) is 0 Å². The summed E-state index contributed by atoms with van der Waals surface area (Å²) < 4.78 is 0. The van der Waals surface area contributed by atoms with Crippen LogP contribution in [0.15, 0.2) is 36.4 Å². The monoisotopic (exact) mass is 386 g/mol. The predicted molar refractivity (Wildman–Crippen MR) is 113 cm³/mol. The molecule has 2 aromatic carbocycles. The Morgan fingerprint density at radius 1 is 0.429 bits per heavy atom. The molecule has 0 aliphatic rings. The molecule has 0 unspecified atom stereocenters. The van der Waals surface area contributed by atoms with Crippen molar-refractivity contribution in [3.05, 3.63) is 47.5 Å². The molecule has 0 atom stereocenters. The van der Waals surface area contributed by atoms with E-state index in [2.05, 4.69) is 0 Å². The lowest BCUT2D eigenvalue weighted by Crippen LogP contribution is -1.88. The fourth-order valence-corrected chi connectivity index (χ4v) is 3.60. The van der Waals surface area contributed by atoms with Crippen molar-refractivity contribution in [1.29, 1.82) is 0 Å². The fraction of sp³-hybridized carbons (Fsp3) is 0.500. The SMILES string of the molecule is Oc1cccc(CCCCCCCCCCCCc2cccc(O)c2O)c1O. The van der Waals surface area contributed by atoms with Crippen LogP contribution in [0.2, 0.25) is 0 Å². The Bertz CT molecular complexity index is 650. The number of benzene rings is 2. The molecule has 0 saturated heterocycles. The topological polar surface area (TPSA) is 80.9 Å². The van der Waals surface area contributed by atoms with Gasteiger partial charge >= 0.3 is 0 Å². The summed E-state index contributed by atoms with van der Waals surface area (Å²) in [6.45, 7) is 0. The number of para-hydroxylation sites is 2. The van der Waals surface area contributed by atoms with E-state index in [4.69, 9.17) is 0 Å². The Hall–Kier alpha value is -2.36. The van der Waals surface area contributed by atoms with Gasteiger partial charge in [-0.1, -0.05) is 75.6 Å². The van der Waals surface area contributed by atoms with E-state index in [1.54, 1.807) is 12.1 Å². The second-order valence-corrected chi connectivity index (χ2v) is 7.61. The molecule has 0 saturated carbocycles. The first-order valence-corrected chi connectivity index (χ1v) is 10.6. The van der Waals surface area contributed by atoms with Crippen LogP contribution < -0.4 is 0 Å². The number of phenolic OH excluding ortho intramolecular Hbond substituents is 4. The van der Waals surface area contributed by atoms with Crippen molar-refractivity contribution in [2.75, 3.05) is 0 Å². The van der Waals surface area contributed by atoms with Crippen LogP contribution in [-0.4, -0.2) is 20.4 Å². The summed E-state index contributed by atoms with van der Waals surface area (Å²) in [5.41, 5.74) is 1.66. The van der Waals surface area contributed by atoms with Gasteiger partial charge in [0, 0.05) is 0 Å². The van der Waals surface area contributed by atoms with Crippen molar-refractivity contribution in [3.63, 3.8) is 0 Å². The van der Waals surface area contributed by atoms with E-state index in [0.29, 0.717) is 0 Å².